The lowest BCUT2D eigenvalue weighted by atomic mass is 10.2. The number of phenols is 2. The average molecular weight is 393 g/mol. The zero-order chi connectivity index (χ0) is 17.5. The van der Waals surface area contributed by atoms with Crippen LogP contribution in [0.3, 0.4) is 0 Å². The first kappa shape index (κ1) is 17.8. The molecule has 0 saturated heterocycles. The molecule has 0 atom stereocenters. The summed E-state index contributed by atoms with van der Waals surface area (Å²) in [6.45, 7) is 2.59. The summed E-state index contributed by atoms with van der Waals surface area (Å²) in [7, 11) is 0. The summed E-state index contributed by atoms with van der Waals surface area (Å²) >= 11 is 3.38. The maximum absolute atomic E-state index is 12.0. The first-order valence-corrected chi connectivity index (χ1v) is 8.08. The van der Waals surface area contributed by atoms with E-state index in [1.54, 1.807) is 0 Å². The van der Waals surface area contributed by atoms with Gasteiger partial charge in [0.05, 0.1) is 18.4 Å². The molecule has 24 heavy (non-hydrogen) atoms. The maximum Gasteiger partial charge on any atom is 0.275 e. The van der Waals surface area contributed by atoms with Crippen LogP contribution in [-0.4, -0.2) is 28.9 Å². The van der Waals surface area contributed by atoms with Crippen LogP contribution in [0.2, 0.25) is 0 Å². The molecule has 0 heterocycles. The van der Waals surface area contributed by atoms with E-state index in [1.807, 2.05) is 25.1 Å². The summed E-state index contributed by atoms with van der Waals surface area (Å²) in [5, 5.41) is 22.8. The SMILES string of the molecule is CCCOc1ccc(Br)cc1/C=N/NC(=O)c1ccc(O)cc1O. The fourth-order valence-electron chi connectivity index (χ4n) is 1.90. The molecule has 0 aliphatic rings. The van der Waals surface area contributed by atoms with E-state index in [9.17, 15) is 15.0 Å². The topological polar surface area (TPSA) is 91.2 Å². The van der Waals surface area contributed by atoms with Crippen molar-refractivity contribution in [3.05, 3.63) is 52.0 Å². The molecule has 7 heteroatoms. The van der Waals surface area contributed by atoms with Gasteiger partial charge in [0.2, 0.25) is 0 Å². The Bertz CT molecular complexity index is 762. The standard InChI is InChI=1S/C17H17BrN2O4/c1-2-7-24-16-6-3-12(18)8-11(16)10-19-20-17(23)14-5-4-13(21)9-15(14)22/h3-6,8-10,21-22H,2,7H2,1H3,(H,20,23)/b19-10+. The zero-order valence-corrected chi connectivity index (χ0v) is 14.6. The molecule has 2 aromatic rings. The summed E-state index contributed by atoms with van der Waals surface area (Å²) < 4.78 is 6.48. The molecule has 0 fully saturated rings. The number of halogens is 1. The molecule has 1 amide bonds. The van der Waals surface area contributed by atoms with E-state index in [1.165, 1.54) is 18.3 Å². The van der Waals surface area contributed by atoms with Crippen molar-refractivity contribution in [1.29, 1.82) is 0 Å². The second-order valence-electron chi connectivity index (χ2n) is 4.93. The summed E-state index contributed by atoms with van der Waals surface area (Å²) in [5.41, 5.74) is 3.05. The fourth-order valence-corrected chi connectivity index (χ4v) is 2.28. The van der Waals surface area contributed by atoms with Gasteiger partial charge in [-0.3, -0.25) is 4.79 Å². The summed E-state index contributed by atoms with van der Waals surface area (Å²) in [4.78, 5) is 12.0. The van der Waals surface area contributed by atoms with Crippen molar-refractivity contribution in [2.24, 2.45) is 5.10 Å². The number of nitrogens with one attached hydrogen (secondary N) is 1. The van der Waals surface area contributed by atoms with E-state index in [0.29, 0.717) is 17.9 Å². The predicted octanol–water partition coefficient (Wildman–Crippen LogP) is 3.41. The number of carbonyl (C=O) groups is 1. The third-order valence-electron chi connectivity index (χ3n) is 3.03. The highest BCUT2D eigenvalue weighted by Crippen LogP contribution is 2.23. The third-order valence-corrected chi connectivity index (χ3v) is 3.52. The lowest BCUT2D eigenvalue weighted by Gasteiger charge is -2.08. The average Bonchev–Trinajstić information content (AvgIpc) is 2.54. The number of rotatable bonds is 6. The molecule has 0 unspecified atom stereocenters. The van der Waals surface area contributed by atoms with Gasteiger partial charge in [-0.25, -0.2) is 5.43 Å². The van der Waals surface area contributed by atoms with Crippen LogP contribution >= 0.6 is 15.9 Å². The number of hydrazone groups is 1. The Morgan fingerprint density at radius 1 is 1.29 bits per heavy atom. The zero-order valence-electron chi connectivity index (χ0n) is 13.0. The molecule has 2 aromatic carbocycles. The summed E-state index contributed by atoms with van der Waals surface area (Å²) in [6, 6.07) is 9.19. The summed E-state index contributed by atoms with van der Waals surface area (Å²) in [5.74, 6) is -0.378. The van der Waals surface area contributed by atoms with Gasteiger partial charge in [-0.15, -0.1) is 0 Å². The molecule has 0 radical (unpaired) electrons. The Morgan fingerprint density at radius 3 is 2.79 bits per heavy atom. The Morgan fingerprint density at radius 2 is 2.08 bits per heavy atom. The van der Waals surface area contributed by atoms with Crippen molar-refractivity contribution in [2.75, 3.05) is 6.61 Å². The molecule has 6 nitrogen and oxygen atoms in total. The number of phenolic OH excluding ortho intramolecular Hbond substituents is 2. The molecular weight excluding hydrogens is 376 g/mol. The highest BCUT2D eigenvalue weighted by Gasteiger charge is 2.10. The van der Waals surface area contributed by atoms with Crippen molar-refractivity contribution < 1.29 is 19.7 Å². The predicted molar refractivity (Wildman–Crippen MR) is 94.8 cm³/mol. The number of hydrogen-bond donors (Lipinski definition) is 3. The number of amides is 1. The van der Waals surface area contributed by atoms with Crippen LogP contribution in [0.25, 0.3) is 0 Å². The Kier molecular flexibility index (Phi) is 6.20. The van der Waals surface area contributed by atoms with E-state index in [-0.39, 0.29) is 17.1 Å². The molecule has 3 N–H and O–H groups in total. The Balaban J connectivity index is 2.10. The van der Waals surface area contributed by atoms with Gasteiger partial charge < -0.3 is 14.9 Å². The van der Waals surface area contributed by atoms with E-state index < -0.39 is 5.91 Å². The molecule has 0 aliphatic carbocycles. The van der Waals surface area contributed by atoms with E-state index >= 15 is 0 Å². The van der Waals surface area contributed by atoms with Gasteiger partial charge in [0, 0.05) is 16.1 Å². The van der Waals surface area contributed by atoms with Gasteiger partial charge in [-0.1, -0.05) is 22.9 Å². The monoisotopic (exact) mass is 392 g/mol. The number of carbonyl (C=O) groups excluding carboxylic acids is 1. The highest BCUT2D eigenvalue weighted by molar-refractivity contribution is 9.10. The van der Waals surface area contributed by atoms with Crippen LogP contribution in [0.15, 0.2) is 46.0 Å². The lowest BCUT2D eigenvalue weighted by molar-refractivity contribution is 0.0952. The second-order valence-corrected chi connectivity index (χ2v) is 5.85. The van der Waals surface area contributed by atoms with Crippen molar-refractivity contribution >= 4 is 28.1 Å². The van der Waals surface area contributed by atoms with Crippen molar-refractivity contribution in [2.45, 2.75) is 13.3 Å². The van der Waals surface area contributed by atoms with Gasteiger partial charge >= 0.3 is 0 Å². The van der Waals surface area contributed by atoms with Crippen LogP contribution in [0.5, 0.6) is 17.2 Å². The minimum Gasteiger partial charge on any atom is -0.508 e. The highest BCUT2D eigenvalue weighted by atomic mass is 79.9. The quantitative estimate of drug-likeness (QED) is 0.518. The van der Waals surface area contributed by atoms with E-state index in [4.69, 9.17) is 4.74 Å². The molecule has 0 aliphatic heterocycles. The van der Waals surface area contributed by atoms with Crippen LogP contribution in [-0.2, 0) is 0 Å². The summed E-state index contributed by atoms with van der Waals surface area (Å²) in [6.07, 6.45) is 2.34. The third kappa shape index (κ3) is 4.73. The maximum atomic E-state index is 12.0. The van der Waals surface area contributed by atoms with Gasteiger partial charge in [-0.05, 0) is 36.8 Å². The van der Waals surface area contributed by atoms with Gasteiger partial charge in [0.15, 0.2) is 0 Å². The molecule has 0 saturated carbocycles. The van der Waals surface area contributed by atoms with Gasteiger partial charge in [0.25, 0.3) is 5.91 Å². The number of ether oxygens (including phenoxy) is 1. The van der Waals surface area contributed by atoms with Crippen molar-refractivity contribution in [3.8, 4) is 17.2 Å². The van der Waals surface area contributed by atoms with Crippen LogP contribution < -0.4 is 10.2 Å². The van der Waals surface area contributed by atoms with E-state index in [2.05, 4.69) is 26.5 Å². The number of benzene rings is 2. The Labute approximate surface area is 147 Å². The van der Waals surface area contributed by atoms with E-state index in [0.717, 1.165) is 17.0 Å². The molecule has 2 rings (SSSR count). The fraction of sp³-hybridized carbons (Fsp3) is 0.176. The smallest absolute Gasteiger partial charge is 0.275 e. The molecular formula is C17H17BrN2O4. The minimum absolute atomic E-state index is 0.0154. The number of aromatic hydroxyl groups is 2. The van der Waals surface area contributed by atoms with Crippen molar-refractivity contribution in [1.82, 2.24) is 5.43 Å². The van der Waals surface area contributed by atoms with Gasteiger partial charge in [0.1, 0.15) is 17.2 Å². The molecule has 0 bridgehead atoms. The molecule has 126 valence electrons. The van der Waals surface area contributed by atoms with Crippen LogP contribution in [0.1, 0.15) is 29.3 Å². The normalized spacial score (nSPS) is 10.8. The Hall–Kier alpha value is -2.54. The van der Waals surface area contributed by atoms with Crippen molar-refractivity contribution in [3.63, 3.8) is 0 Å². The molecule has 0 aromatic heterocycles. The first-order valence-electron chi connectivity index (χ1n) is 7.29. The second kappa shape index (κ2) is 8.35. The molecule has 0 spiro atoms. The minimum atomic E-state index is -0.588. The van der Waals surface area contributed by atoms with Crippen LogP contribution in [0, 0.1) is 0 Å². The van der Waals surface area contributed by atoms with Gasteiger partial charge in [-0.2, -0.15) is 5.10 Å². The largest absolute Gasteiger partial charge is 0.508 e. The van der Waals surface area contributed by atoms with Crippen LogP contribution in [0.4, 0.5) is 0 Å². The number of hydrogen-bond acceptors (Lipinski definition) is 5. The lowest BCUT2D eigenvalue weighted by Crippen LogP contribution is -2.17. The first-order chi connectivity index (χ1) is 11.5. The number of nitrogens with zero attached hydrogens (tertiary/aromatic N) is 1.